The van der Waals surface area contributed by atoms with E-state index in [1.807, 2.05) is 38.5 Å². The second-order valence-electron chi connectivity index (χ2n) is 9.44. The molecule has 2 fully saturated rings. The van der Waals surface area contributed by atoms with Gasteiger partial charge in [-0.05, 0) is 43.2 Å². The van der Waals surface area contributed by atoms with Crippen LogP contribution in [0, 0.1) is 18.3 Å². The van der Waals surface area contributed by atoms with E-state index in [4.69, 9.17) is 0 Å². The second kappa shape index (κ2) is 7.37. The van der Waals surface area contributed by atoms with Crippen LogP contribution in [-0.2, 0) is 7.05 Å². The highest BCUT2D eigenvalue weighted by Crippen LogP contribution is 2.55. The van der Waals surface area contributed by atoms with Crippen LogP contribution >= 0.6 is 0 Å². The van der Waals surface area contributed by atoms with E-state index in [0.717, 1.165) is 46.4 Å². The number of imidazole rings is 1. The molecule has 5 rings (SSSR count). The number of rotatable bonds is 5. The number of aryl methyl sites for hydroxylation is 1. The summed E-state index contributed by atoms with van der Waals surface area (Å²) in [5.74, 6) is 1.90. The highest BCUT2D eigenvalue weighted by atomic mass is 19.4. The van der Waals surface area contributed by atoms with Crippen LogP contribution < -0.4 is 5.32 Å². The maximum Gasteiger partial charge on any atom is 0.430 e. The molecule has 8 heteroatoms. The lowest BCUT2D eigenvalue weighted by Gasteiger charge is -2.60. The van der Waals surface area contributed by atoms with E-state index in [2.05, 4.69) is 45.1 Å². The fourth-order valence-electron chi connectivity index (χ4n) is 5.03. The molecule has 5 nitrogen and oxygen atoms in total. The number of allylic oxidation sites excluding steroid dienone is 2. The normalized spacial score (nSPS) is 17.7. The van der Waals surface area contributed by atoms with Gasteiger partial charge in [0.05, 0.1) is 11.9 Å². The van der Waals surface area contributed by atoms with Gasteiger partial charge in [-0.1, -0.05) is 25.3 Å². The molecule has 3 heterocycles. The van der Waals surface area contributed by atoms with Crippen LogP contribution in [0.15, 0.2) is 61.2 Å². The van der Waals surface area contributed by atoms with Gasteiger partial charge in [0.2, 0.25) is 0 Å². The Kier molecular flexibility index (Phi) is 4.81. The van der Waals surface area contributed by atoms with Crippen molar-refractivity contribution in [1.82, 2.24) is 19.4 Å². The lowest BCUT2D eigenvalue weighted by molar-refractivity contribution is -0.146. The highest BCUT2D eigenvalue weighted by molar-refractivity contribution is 5.88. The summed E-state index contributed by atoms with van der Waals surface area (Å²) in [6.45, 7) is 10.2. The van der Waals surface area contributed by atoms with Crippen LogP contribution in [0.5, 0.6) is 0 Å². The van der Waals surface area contributed by atoms with Crippen LogP contribution in [-0.4, -0.2) is 38.7 Å². The molecule has 3 aromatic rings. The predicted molar refractivity (Wildman–Crippen MR) is 123 cm³/mol. The summed E-state index contributed by atoms with van der Waals surface area (Å²) in [7, 11) is 2.00. The first-order valence-corrected chi connectivity index (χ1v) is 10.9. The van der Waals surface area contributed by atoms with Crippen molar-refractivity contribution in [1.29, 1.82) is 0 Å². The smallest absolute Gasteiger partial charge is 0.367 e. The molecule has 0 atom stereocenters. The number of hydrogen-bond donors (Lipinski definition) is 1. The quantitative estimate of drug-likeness (QED) is 0.542. The molecule has 1 aliphatic carbocycles. The van der Waals surface area contributed by atoms with Gasteiger partial charge < -0.3 is 14.8 Å². The Labute approximate surface area is 190 Å². The minimum Gasteiger partial charge on any atom is -0.367 e. The molecule has 172 valence electrons. The number of aromatic nitrogens is 3. The van der Waals surface area contributed by atoms with E-state index in [1.165, 1.54) is 4.90 Å². The van der Waals surface area contributed by atoms with Gasteiger partial charge in [-0.15, -0.1) is 0 Å². The Hall–Kier alpha value is -3.29. The molecule has 1 spiro atoms. The molecule has 2 aliphatic rings. The summed E-state index contributed by atoms with van der Waals surface area (Å²) < 4.78 is 40.5. The van der Waals surface area contributed by atoms with E-state index in [9.17, 15) is 13.2 Å². The summed E-state index contributed by atoms with van der Waals surface area (Å²) in [5.41, 5.74) is 2.20. The summed E-state index contributed by atoms with van der Waals surface area (Å²) in [4.78, 5) is 10.2. The van der Waals surface area contributed by atoms with Crippen molar-refractivity contribution >= 4 is 16.6 Å². The Balaban J connectivity index is 1.23. The van der Waals surface area contributed by atoms with Gasteiger partial charge in [-0.2, -0.15) is 13.2 Å². The zero-order valence-corrected chi connectivity index (χ0v) is 18.7. The molecule has 1 N–H and O–H groups in total. The number of halogens is 3. The number of benzene rings is 1. The van der Waals surface area contributed by atoms with E-state index >= 15 is 0 Å². The average molecular weight is 454 g/mol. The maximum atomic E-state index is 12.8. The van der Waals surface area contributed by atoms with E-state index in [-0.39, 0.29) is 11.3 Å². The zero-order chi connectivity index (χ0) is 23.5. The lowest BCUT2D eigenvalue weighted by atomic mass is 9.57. The number of fused-ring (bicyclic) bond motifs is 1. The van der Waals surface area contributed by atoms with E-state index in [0.29, 0.717) is 18.9 Å². The first-order chi connectivity index (χ1) is 15.5. The van der Waals surface area contributed by atoms with Crippen molar-refractivity contribution in [3.8, 4) is 11.3 Å². The molecule has 1 saturated heterocycles. The van der Waals surface area contributed by atoms with Crippen molar-refractivity contribution < 1.29 is 13.2 Å². The van der Waals surface area contributed by atoms with Crippen molar-refractivity contribution in [2.24, 2.45) is 18.4 Å². The van der Waals surface area contributed by atoms with Crippen molar-refractivity contribution in [2.75, 3.05) is 18.4 Å². The topological polar surface area (TPSA) is 46.0 Å². The molecule has 1 aromatic carbocycles. The first kappa shape index (κ1) is 21.6. The van der Waals surface area contributed by atoms with E-state index < -0.39 is 11.9 Å². The predicted octanol–water partition coefficient (Wildman–Crippen LogP) is 5.66. The second-order valence-corrected chi connectivity index (χ2v) is 9.44. The number of alkyl halides is 3. The van der Waals surface area contributed by atoms with Gasteiger partial charge in [0, 0.05) is 48.4 Å². The molecular formula is C25H26F3N5. The lowest BCUT2D eigenvalue weighted by Crippen LogP contribution is -2.63. The maximum absolute atomic E-state index is 12.8. The average Bonchev–Trinajstić information content (AvgIpc) is 3.03. The molecule has 0 radical (unpaired) electrons. The Morgan fingerprint density at radius 2 is 1.82 bits per heavy atom. The van der Waals surface area contributed by atoms with Crippen LogP contribution in [0.3, 0.4) is 0 Å². The number of pyridine rings is 1. The molecule has 33 heavy (non-hydrogen) atoms. The largest absolute Gasteiger partial charge is 0.430 e. The SMILES string of the molecule is C=C(Nc1cc2cc(-c3cnc(C)n3C)ccc2cn1)C1CC2(C1)CN(C(=C)C(F)(F)F)C2. The van der Waals surface area contributed by atoms with Gasteiger partial charge >= 0.3 is 6.18 Å². The zero-order valence-electron chi connectivity index (χ0n) is 18.7. The van der Waals surface area contributed by atoms with Gasteiger partial charge in [0.15, 0.2) is 0 Å². The van der Waals surface area contributed by atoms with Crippen LogP contribution in [0.1, 0.15) is 18.7 Å². The number of hydrogen-bond acceptors (Lipinski definition) is 4. The number of anilines is 1. The first-order valence-electron chi connectivity index (χ1n) is 10.9. The molecular weight excluding hydrogens is 427 g/mol. The van der Waals surface area contributed by atoms with E-state index in [1.54, 1.807) is 0 Å². The fraction of sp³-hybridized carbons (Fsp3) is 0.360. The molecule has 0 amide bonds. The number of nitrogens with zero attached hydrogens (tertiary/aromatic N) is 4. The highest BCUT2D eigenvalue weighted by Gasteiger charge is 2.55. The van der Waals surface area contributed by atoms with Crippen molar-refractivity contribution in [3.05, 3.63) is 67.0 Å². The van der Waals surface area contributed by atoms with Crippen molar-refractivity contribution in [3.63, 3.8) is 0 Å². The van der Waals surface area contributed by atoms with Gasteiger partial charge in [0.1, 0.15) is 17.3 Å². The third kappa shape index (κ3) is 3.77. The number of nitrogens with one attached hydrogen (secondary N) is 1. The van der Waals surface area contributed by atoms with Gasteiger partial charge in [0.25, 0.3) is 0 Å². The van der Waals surface area contributed by atoms with Crippen LogP contribution in [0.2, 0.25) is 0 Å². The summed E-state index contributed by atoms with van der Waals surface area (Å²) in [6.07, 6.45) is 1.01. The van der Waals surface area contributed by atoms with Gasteiger partial charge in [-0.25, -0.2) is 9.97 Å². The molecule has 0 unspecified atom stereocenters. The molecule has 1 saturated carbocycles. The minimum absolute atomic E-state index is 0.0452. The number of likely N-dealkylation sites (tertiary alicyclic amines) is 1. The third-order valence-corrected chi connectivity index (χ3v) is 7.14. The summed E-state index contributed by atoms with van der Waals surface area (Å²) in [6, 6.07) is 8.23. The Bertz CT molecular complexity index is 1260. The molecule has 2 aromatic heterocycles. The standard InChI is InChI=1S/C25H26F3N5/c1-15(21-9-24(10-21)13-33(14-24)16(2)25(26,27)28)31-23-8-20-7-18(5-6-19(20)11-30-23)22-12-29-17(3)32(22)4/h5-8,11-12,21H,1-2,9-10,13-14H2,3-4H3,(H,30,31). The summed E-state index contributed by atoms with van der Waals surface area (Å²) in [5, 5.41) is 5.42. The Morgan fingerprint density at radius 3 is 2.45 bits per heavy atom. The molecule has 1 aliphatic heterocycles. The fourth-order valence-corrected chi connectivity index (χ4v) is 5.03. The van der Waals surface area contributed by atoms with Crippen molar-refractivity contribution in [2.45, 2.75) is 25.9 Å². The minimum atomic E-state index is -4.35. The molecule has 0 bridgehead atoms. The van der Waals surface area contributed by atoms with Crippen LogP contribution in [0.4, 0.5) is 19.0 Å². The van der Waals surface area contributed by atoms with Gasteiger partial charge in [-0.3, -0.25) is 0 Å². The monoisotopic (exact) mass is 453 g/mol. The van der Waals surface area contributed by atoms with Crippen LogP contribution in [0.25, 0.3) is 22.0 Å². The Morgan fingerprint density at radius 1 is 1.09 bits per heavy atom. The summed E-state index contributed by atoms with van der Waals surface area (Å²) >= 11 is 0. The third-order valence-electron chi connectivity index (χ3n) is 7.14.